The number of aromatic nitrogens is 4. The molecule has 0 radical (unpaired) electrons. The number of amides is 1. The maximum atomic E-state index is 12.7. The van der Waals surface area contributed by atoms with Crippen LogP contribution in [0.25, 0.3) is 5.69 Å². The number of hydrogen-bond donors (Lipinski definition) is 1. The number of likely N-dealkylation sites (N-methyl/N-ethyl adjacent to an activating group) is 1. The molecule has 1 aliphatic heterocycles. The zero-order valence-electron chi connectivity index (χ0n) is 11.9. The molecule has 7 nitrogen and oxygen atoms in total. The van der Waals surface area contributed by atoms with E-state index in [9.17, 15) is 4.79 Å². The fourth-order valence-corrected chi connectivity index (χ4v) is 2.78. The van der Waals surface area contributed by atoms with Crippen LogP contribution in [0.2, 0.25) is 0 Å². The van der Waals surface area contributed by atoms with E-state index in [1.807, 2.05) is 36.2 Å². The highest BCUT2D eigenvalue weighted by Gasteiger charge is 2.28. The summed E-state index contributed by atoms with van der Waals surface area (Å²) in [6.45, 7) is 1.65. The average molecular weight is 286 g/mol. The number of carbonyl (C=O) groups excluding carboxylic acids is 1. The van der Waals surface area contributed by atoms with E-state index in [2.05, 4.69) is 20.8 Å². The van der Waals surface area contributed by atoms with Gasteiger partial charge in [0.25, 0.3) is 5.91 Å². The number of nitrogens with one attached hydrogen (secondary N) is 1. The summed E-state index contributed by atoms with van der Waals surface area (Å²) in [4.78, 5) is 14.6. The van der Waals surface area contributed by atoms with Crippen molar-refractivity contribution in [2.75, 3.05) is 20.1 Å². The summed E-state index contributed by atoms with van der Waals surface area (Å²) in [6, 6.07) is 7.67. The van der Waals surface area contributed by atoms with Gasteiger partial charge in [0.1, 0.15) is 6.33 Å². The largest absolute Gasteiger partial charge is 0.334 e. The van der Waals surface area contributed by atoms with E-state index in [0.29, 0.717) is 5.56 Å². The third-order valence-corrected chi connectivity index (χ3v) is 3.78. The van der Waals surface area contributed by atoms with Crippen LogP contribution in [-0.2, 0) is 0 Å². The van der Waals surface area contributed by atoms with Crippen molar-refractivity contribution in [3.63, 3.8) is 0 Å². The standard InChI is InChI=1S/C14H18N6O/c1-15-9-13-6-3-7-19(13)14(21)11-4-2-5-12(8-11)20-10-16-17-18-20/h2,4-5,8,10,13,15H,3,6-7,9H2,1H3. The van der Waals surface area contributed by atoms with Crippen molar-refractivity contribution in [1.29, 1.82) is 0 Å². The van der Waals surface area contributed by atoms with Crippen LogP contribution in [0.4, 0.5) is 0 Å². The molecule has 0 bridgehead atoms. The third-order valence-electron chi connectivity index (χ3n) is 3.78. The quantitative estimate of drug-likeness (QED) is 0.885. The van der Waals surface area contributed by atoms with Crippen molar-refractivity contribution < 1.29 is 4.79 Å². The zero-order valence-corrected chi connectivity index (χ0v) is 11.9. The molecule has 0 spiro atoms. The molecule has 2 heterocycles. The summed E-state index contributed by atoms with van der Waals surface area (Å²) in [5.74, 6) is 0.0719. The first-order valence-electron chi connectivity index (χ1n) is 7.08. The minimum Gasteiger partial charge on any atom is -0.334 e. The lowest BCUT2D eigenvalue weighted by molar-refractivity contribution is 0.0737. The van der Waals surface area contributed by atoms with Gasteiger partial charge in [-0.3, -0.25) is 4.79 Å². The minimum absolute atomic E-state index is 0.0719. The van der Waals surface area contributed by atoms with Crippen LogP contribution in [-0.4, -0.2) is 57.2 Å². The van der Waals surface area contributed by atoms with Crippen LogP contribution in [0.3, 0.4) is 0 Å². The third kappa shape index (κ3) is 2.78. The number of rotatable bonds is 4. The predicted octanol–water partition coefficient (Wildman–Crippen LogP) is 0.486. The molecule has 1 aliphatic rings. The van der Waals surface area contributed by atoms with Crippen LogP contribution in [0, 0.1) is 0 Å². The van der Waals surface area contributed by atoms with Gasteiger partial charge in [0.15, 0.2) is 0 Å². The molecular weight excluding hydrogens is 268 g/mol. The molecule has 1 saturated heterocycles. The molecule has 0 aliphatic carbocycles. The summed E-state index contributed by atoms with van der Waals surface area (Å²) in [6.07, 6.45) is 3.63. The molecule has 1 unspecified atom stereocenters. The van der Waals surface area contributed by atoms with Crippen LogP contribution in [0.15, 0.2) is 30.6 Å². The number of hydrogen-bond acceptors (Lipinski definition) is 5. The van der Waals surface area contributed by atoms with E-state index in [1.165, 1.54) is 6.33 Å². The lowest BCUT2D eigenvalue weighted by Crippen LogP contribution is -2.40. The maximum absolute atomic E-state index is 12.7. The van der Waals surface area contributed by atoms with E-state index in [1.54, 1.807) is 4.68 Å². The Morgan fingerprint density at radius 2 is 2.38 bits per heavy atom. The Morgan fingerprint density at radius 3 is 3.14 bits per heavy atom. The van der Waals surface area contributed by atoms with E-state index >= 15 is 0 Å². The van der Waals surface area contributed by atoms with Gasteiger partial charge in [-0.15, -0.1) is 5.10 Å². The first kappa shape index (κ1) is 13.7. The van der Waals surface area contributed by atoms with Gasteiger partial charge in [-0.1, -0.05) is 6.07 Å². The Kier molecular flexibility index (Phi) is 3.92. The molecule has 1 atom stereocenters. The molecule has 1 fully saturated rings. The lowest BCUT2D eigenvalue weighted by atomic mass is 10.1. The molecular formula is C14H18N6O. The van der Waals surface area contributed by atoms with Gasteiger partial charge in [-0.2, -0.15) is 0 Å². The molecule has 2 aromatic rings. The van der Waals surface area contributed by atoms with Crippen molar-refractivity contribution >= 4 is 5.91 Å². The average Bonchev–Trinajstić information content (AvgIpc) is 3.18. The second kappa shape index (κ2) is 6.01. The summed E-state index contributed by atoms with van der Waals surface area (Å²) >= 11 is 0. The van der Waals surface area contributed by atoms with E-state index in [-0.39, 0.29) is 11.9 Å². The van der Waals surface area contributed by atoms with Crippen molar-refractivity contribution in [3.8, 4) is 5.69 Å². The van der Waals surface area contributed by atoms with Gasteiger partial charge in [0.2, 0.25) is 0 Å². The molecule has 110 valence electrons. The summed E-state index contributed by atoms with van der Waals surface area (Å²) < 4.78 is 1.55. The fourth-order valence-electron chi connectivity index (χ4n) is 2.78. The zero-order chi connectivity index (χ0) is 14.7. The number of carbonyl (C=O) groups is 1. The summed E-state index contributed by atoms with van der Waals surface area (Å²) in [5, 5.41) is 14.2. The molecule has 1 N–H and O–H groups in total. The first-order valence-corrected chi connectivity index (χ1v) is 7.08. The molecule has 1 amide bonds. The Labute approximate surface area is 122 Å². The maximum Gasteiger partial charge on any atom is 0.254 e. The molecule has 3 rings (SSSR count). The molecule has 1 aromatic carbocycles. The number of likely N-dealkylation sites (tertiary alicyclic amines) is 1. The highest BCUT2D eigenvalue weighted by atomic mass is 16.2. The molecule has 0 saturated carbocycles. The summed E-state index contributed by atoms with van der Waals surface area (Å²) in [5.41, 5.74) is 1.46. The predicted molar refractivity (Wildman–Crippen MR) is 77.1 cm³/mol. The van der Waals surface area contributed by atoms with Gasteiger partial charge < -0.3 is 10.2 Å². The molecule has 21 heavy (non-hydrogen) atoms. The van der Waals surface area contributed by atoms with E-state index < -0.39 is 0 Å². The fraction of sp³-hybridized carbons (Fsp3) is 0.429. The SMILES string of the molecule is CNCC1CCCN1C(=O)c1cccc(-n2cnnn2)c1. The highest BCUT2D eigenvalue weighted by Crippen LogP contribution is 2.20. The molecule has 7 heteroatoms. The van der Waals surface area contributed by atoms with Crippen LogP contribution in [0.1, 0.15) is 23.2 Å². The van der Waals surface area contributed by atoms with Crippen molar-refractivity contribution in [1.82, 2.24) is 30.4 Å². The van der Waals surface area contributed by atoms with Crippen molar-refractivity contribution in [2.45, 2.75) is 18.9 Å². The van der Waals surface area contributed by atoms with Gasteiger partial charge in [-0.25, -0.2) is 4.68 Å². The van der Waals surface area contributed by atoms with E-state index in [0.717, 1.165) is 31.6 Å². The first-order chi connectivity index (χ1) is 10.3. The monoisotopic (exact) mass is 286 g/mol. The number of nitrogens with zero attached hydrogens (tertiary/aromatic N) is 5. The summed E-state index contributed by atoms with van der Waals surface area (Å²) in [7, 11) is 1.92. The second-order valence-electron chi connectivity index (χ2n) is 5.16. The van der Waals surface area contributed by atoms with Gasteiger partial charge in [0, 0.05) is 24.7 Å². The highest BCUT2D eigenvalue weighted by molar-refractivity contribution is 5.95. The lowest BCUT2D eigenvalue weighted by Gasteiger charge is -2.24. The van der Waals surface area contributed by atoms with Crippen LogP contribution >= 0.6 is 0 Å². The Bertz CT molecular complexity index is 612. The van der Waals surface area contributed by atoms with Gasteiger partial charge in [-0.05, 0) is 48.5 Å². The van der Waals surface area contributed by atoms with Gasteiger partial charge in [0.05, 0.1) is 5.69 Å². The number of tetrazole rings is 1. The minimum atomic E-state index is 0.0719. The van der Waals surface area contributed by atoms with Crippen molar-refractivity contribution in [2.24, 2.45) is 0 Å². The Balaban J connectivity index is 1.83. The Hall–Kier alpha value is -2.28. The normalized spacial score (nSPS) is 18.1. The van der Waals surface area contributed by atoms with Crippen LogP contribution in [0.5, 0.6) is 0 Å². The van der Waals surface area contributed by atoms with E-state index in [4.69, 9.17) is 0 Å². The second-order valence-corrected chi connectivity index (χ2v) is 5.16. The smallest absolute Gasteiger partial charge is 0.254 e. The van der Waals surface area contributed by atoms with Gasteiger partial charge >= 0.3 is 0 Å². The topological polar surface area (TPSA) is 75.9 Å². The number of benzene rings is 1. The van der Waals surface area contributed by atoms with Crippen LogP contribution < -0.4 is 5.32 Å². The molecule has 1 aromatic heterocycles. The van der Waals surface area contributed by atoms with Crippen molar-refractivity contribution in [3.05, 3.63) is 36.2 Å². The Morgan fingerprint density at radius 1 is 1.48 bits per heavy atom.